The van der Waals surface area contributed by atoms with Crippen LogP contribution in [-0.2, 0) is 6.42 Å². The number of benzene rings is 1. The first-order valence-corrected chi connectivity index (χ1v) is 5.26. The third-order valence-corrected chi connectivity index (χ3v) is 2.58. The minimum Gasteiger partial charge on any atom is -0.508 e. The van der Waals surface area contributed by atoms with Crippen LogP contribution in [0, 0.1) is 31.6 Å². The molecule has 0 aliphatic carbocycles. The Kier molecular flexibility index (Phi) is 3.80. The van der Waals surface area contributed by atoms with Crippen LogP contribution in [0.3, 0.4) is 0 Å². The molecule has 1 heteroatoms. The second-order valence-corrected chi connectivity index (χ2v) is 4.06. The lowest BCUT2D eigenvalue weighted by Gasteiger charge is -2.12. The first-order valence-electron chi connectivity index (χ1n) is 5.26. The zero-order valence-electron chi connectivity index (χ0n) is 9.89. The minimum absolute atomic E-state index is 0.350. The highest BCUT2D eigenvalue weighted by Crippen LogP contribution is 2.23. The third-order valence-electron chi connectivity index (χ3n) is 2.58. The van der Waals surface area contributed by atoms with E-state index in [1.807, 2.05) is 32.9 Å². The lowest BCUT2D eigenvalue weighted by Crippen LogP contribution is -2.01. The molecule has 0 aliphatic rings. The van der Waals surface area contributed by atoms with Crippen molar-refractivity contribution in [2.45, 2.75) is 34.1 Å². The standard InChI is InChI=1S/C14H18O/c1-5-6-10(2)7-14-11(3)8-13(15)9-12(14)4/h8-10,15H,7H2,1-4H3. The number of hydrogen-bond donors (Lipinski definition) is 1. The van der Waals surface area contributed by atoms with Crippen molar-refractivity contribution in [1.82, 2.24) is 0 Å². The molecule has 1 N–H and O–H groups in total. The van der Waals surface area contributed by atoms with E-state index in [4.69, 9.17) is 0 Å². The Morgan fingerprint density at radius 1 is 1.27 bits per heavy atom. The van der Waals surface area contributed by atoms with E-state index in [1.54, 1.807) is 0 Å². The molecule has 0 saturated carbocycles. The van der Waals surface area contributed by atoms with E-state index in [-0.39, 0.29) is 0 Å². The maximum Gasteiger partial charge on any atom is 0.116 e. The van der Waals surface area contributed by atoms with Gasteiger partial charge in [0.25, 0.3) is 0 Å². The van der Waals surface area contributed by atoms with Gasteiger partial charge in [-0.3, -0.25) is 0 Å². The van der Waals surface area contributed by atoms with Crippen LogP contribution in [0.5, 0.6) is 5.75 Å². The molecule has 80 valence electrons. The summed E-state index contributed by atoms with van der Waals surface area (Å²) >= 11 is 0. The van der Waals surface area contributed by atoms with Gasteiger partial charge < -0.3 is 5.11 Å². The molecule has 0 amide bonds. The van der Waals surface area contributed by atoms with Crippen LogP contribution in [0.1, 0.15) is 30.5 Å². The second-order valence-electron chi connectivity index (χ2n) is 4.06. The molecule has 1 rings (SSSR count). The molecule has 0 aromatic heterocycles. The van der Waals surface area contributed by atoms with Gasteiger partial charge in [-0.2, -0.15) is 0 Å². The van der Waals surface area contributed by atoms with Gasteiger partial charge in [0.2, 0.25) is 0 Å². The van der Waals surface area contributed by atoms with Gasteiger partial charge in [0.1, 0.15) is 5.75 Å². The molecule has 0 fully saturated rings. The maximum absolute atomic E-state index is 9.43. The summed E-state index contributed by atoms with van der Waals surface area (Å²) < 4.78 is 0. The van der Waals surface area contributed by atoms with Gasteiger partial charge in [-0.15, -0.1) is 11.8 Å². The van der Waals surface area contributed by atoms with Crippen molar-refractivity contribution in [2.75, 3.05) is 0 Å². The van der Waals surface area contributed by atoms with Crippen LogP contribution >= 0.6 is 0 Å². The van der Waals surface area contributed by atoms with Gasteiger partial charge in [-0.25, -0.2) is 0 Å². The Morgan fingerprint density at radius 2 is 1.80 bits per heavy atom. The summed E-state index contributed by atoms with van der Waals surface area (Å²) in [7, 11) is 0. The van der Waals surface area contributed by atoms with E-state index >= 15 is 0 Å². The van der Waals surface area contributed by atoms with Crippen molar-refractivity contribution in [3.8, 4) is 17.6 Å². The van der Waals surface area contributed by atoms with Crippen molar-refractivity contribution in [2.24, 2.45) is 5.92 Å². The Labute approximate surface area is 92.1 Å². The molecule has 1 unspecified atom stereocenters. The predicted octanol–water partition coefficient (Wildman–Crippen LogP) is 3.21. The van der Waals surface area contributed by atoms with Crippen molar-refractivity contribution in [3.05, 3.63) is 28.8 Å². The third kappa shape index (κ3) is 3.02. The van der Waals surface area contributed by atoms with Crippen LogP contribution in [0.4, 0.5) is 0 Å². The topological polar surface area (TPSA) is 20.2 Å². The van der Waals surface area contributed by atoms with E-state index in [1.165, 1.54) is 5.56 Å². The largest absolute Gasteiger partial charge is 0.508 e. The van der Waals surface area contributed by atoms with E-state index in [9.17, 15) is 5.11 Å². The number of aryl methyl sites for hydroxylation is 2. The molecule has 1 aromatic carbocycles. The molecule has 15 heavy (non-hydrogen) atoms. The molecular weight excluding hydrogens is 184 g/mol. The highest BCUT2D eigenvalue weighted by molar-refractivity contribution is 5.41. The Hall–Kier alpha value is -1.42. The summed E-state index contributed by atoms with van der Waals surface area (Å²) in [6.45, 7) is 8.07. The molecule has 0 saturated heterocycles. The summed E-state index contributed by atoms with van der Waals surface area (Å²) in [5.41, 5.74) is 3.61. The number of hydrogen-bond acceptors (Lipinski definition) is 1. The van der Waals surface area contributed by atoms with E-state index in [0.29, 0.717) is 11.7 Å². The summed E-state index contributed by atoms with van der Waals surface area (Å²) in [4.78, 5) is 0. The fraction of sp³-hybridized carbons (Fsp3) is 0.429. The quantitative estimate of drug-likeness (QED) is 0.730. The van der Waals surface area contributed by atoms with Gasteiger partial charge in [-0.05, 0) is 56.0 Å². The smallest absolute Gasteiger partial charge is 0.116 e. The van der Waals surface area contributed by atoms with Gasteiger partial charge in [0, 0.05) is 5.92 Å². The van der Waals surface area contributed by atoms with Crippen molar-refractivity contribution < 1.29 is 5.11 Å². The molecule has 0 aliphatic heterocycles. The fourth-order valence-electron chi connectivity index (χ4n) is 1.90. The molecule has 1 atom stereocenters. The predicted molar refractivity (Wildman–Crippen MR) is 63.9 cm³/mol. The van der Waals surface area contributed by atoms with E-state index in [2.05, 4.69) is 18.8 Å². The summed E-state index contributed by atoms with van der Waals surface area (Å²) in [6, 6.07) is 3.63. The minimum atomic E-state index is 0.350. The Balaban J connectivity index is 2.98. The molecule has 0 bridgehead atoms. The van der Waals surface area contributed by atoms with Crippen LogP contribution in [0.2, 0.25) is 0 Å². The first kappa shape index (κ1) is 11.7. The molecule has 0 heterocycles. The average molecular weight is 202 g/mol. The molecule has 0 spiro atoms. The molecule has 1 nitrogen and oxygen atoms in total. The molecule has 0 radical (unpaired) electrons. The summed E-state index contributed by atoms with van der Waals surface area (Å²) in [6.07, 6.45) is 0.957. The number of phenols is 1. The number of rotatable bonds is 2. The summed E-state index contributed by atoms with van der Waals surface area (Å²) in [5.74, 6) is 6.81. The fourth-order valence-corrected chi connectivity index (χ4v) is 1.90. The highest BCUT2D eigenvalue weighted by atomic mass is 16.3. The monoisotopic (exact) mass is 202 g/mol. The van der Waals surface area contributed by atoms with Gasteiger partial charge in [-0.1, -0.05) is 6.92 Å². The lowest BCUT2D eigenvalue weighted by molar-refractivity contribution is 0.474. The van der Waals surface area contributed by atoms with Crippen molar-refractivity contribution in [1.29, 1.82) is 0 Å². The van der Waals surface area contributed by atoms with E-state index < -0.39 is 0 Å². The average Bonchev–Trinajstić information content (AvgIpc) is 2.11. The Morgan fingerprint density at radius 3 is 2.27 bits per heavy atom. The molecular formula is C14H18O. The van der Waals surface area contributed by atoms with Crippen molar-refractivity contribution >= 4 is 0 Å². The maximum atomic E-state index is 9.43. The first-order chi connectivity index (χ1) is 7.04. The van der Waals surface area contributed by atoms with Gasteiger partial charge >= 0.3 is 0 Å². The molecule has 1 aromatic rings. The van der Waals surface area contributed by atoms with Crippen LogP contribution in [-0.4, -0.2) is 5.11 Å². The zero-order chi connectivity index (χ0) is 11.4. The number of phenolic OH excluding ortho intramolecular Hbond substituents is 1. The van der Waals surface area contributed by atoms with Crippen LogP contribution < -0.4 is 0 Å². The SMILES string of the molecule is CC#CC(C)Cc1c(C)cc(O)cc1C. The lowest BCUT2D eigenvalue weighted by atomic mass is 9.93. The van der Waals surface area contributed by atoms with Crippen LogP contribution in [0.25, 0.3) is 0 Å². The summed E-state index contributed by atoms with van der Waals surface area (Å²) in [5, 5.41) is 9.43. The van der Waals surface area contributed by atoms with Gasteiger partial charge in [0.15, 0.2) is 0 Å². The second kappa shape index (κ2) is 4.89. The number of aromatic hydroxyl groups is 1. The Bertz CT molecular complexity index is 384. The van der Waals surface area contributed by atoms with Crippen LogP contribution in [0.15, 0.2) is 12.1 Å². The van der Waals surface area contributed by atoms with E-state index in [0.717, 1.165) is 17.5 Å². The normalized spacial score (nSPS) is 11.7. The van der Waals surface area contributed by atoms with Gasteiger partial charge in [0.05, 0.1) is 0 Å². The van der Waals surface area contributed by atoms with Crippen molar-refractivity contribution in [3.63, 3.8) is 0 Å². The zero-order valence-corrected chi connectivity index (χ0v) is 9.89. The highest BCUT2D eigenvalue weighted by Gasteiger charge is 2.07.